The smallest absolute Gasteiger partial charge is 0.330 e. The van der Waals surface area contributed by atoms with Crippen LogP contribution in [-0.4, -0.2) is 46.7 Å². The number of aliphatic carboxylic acids is 1. The summed E-state index contributed by atoms with van der Waals surface area (Å²) < 4.78 is 4.40. The van der Waals surface area contributed by atoms with E-state index in [0.717, 1.165) is 12.2 Å². The van der Waals surface area contributed by atoms with Gasteiger partial charge in [-0.1, -0.05) is 0 Å². The lowest BCUT2D eigenvalue weighted by molar-refractivity contribution is -0.138. The van der Waals surface area contributed by atoms with E-state index in [9.17, 15) is 9.59 Å². The van der Waals surface area contributed by atoms with Gasteiger partial charge in [0.25, 0.3) is 0 Å². The van der Waals surface area contributed by atoms with Crippen LogP contribution in [0.1, 0.15) is 6.92 Å². The fourth-order valence-electron chi connectivity index (χ4n) is 0.330. The number of esters is 1. The first-order valence-corrected chi connectivity index (χ1v) is 2.74. The molecule has 0 bridgehead atoms. The fraction of sp³-hybridized carbons (Fsp3) is 0.333. The van der Waals surface area contributed by atoms with Crippen LogP contribution in [0.4, 0.5) is 0 Å². The molecule has 0 spiro atoms. The van der Waals surface area contributed by atoms with Gasteiger partial charge in [0.15, 0.2) is 0 Å². The number of hydrogen-bond acceptors (Lipinski definition) is 3. The van der Waals surface area contributed by atoms with Crippen LogP contribution in [0.5, 0.6) is 0 Å². The van der Waals surface area contributed by atoms with Crippen molar-refractivity contribution in [3.05, 3.63) is 12.2 Å². The second-order valence-corrected chi connectivity index (χ2v) is 1.42. The molecule has 4 nitrogen and oxygen atoms in total. The third-order valence-corrected chi connectivity index (χ3v) is 0.649. The monoisotopic (exact) mass is 170 g/mol. The first kappa shape index (κ1) is 13.1. The molecule has 0 fully saturated rings. The first-order valence-electron chi connectivity index (χ1n) is 2.74. The maximum absolute atomic E-state index is 10.4. The topological polar surface area (TPSA) is 63.6 Å². The average Bonchev–Trinajstić information content (AvgIpc) is 1.85. The first-order chi connectivity index (χ1) is 4.66. The Balaban J connectivity index is 0. The summed E-state index contributed by atoms with van der Waals surface area (Å²) >= 11 is 0. The van der Waals surface area contributed by atoms with E-state index < -0.39 is 11.9 Å². The van der Waals surface area contributed by atoms with Crippen LogP contribution >= 0.6 is 0 Å². The lowest BCUT2D eigenvalue weighted by Crippen LogP contribution is -2.00. The van der Waals surface area contributed by atoms with Crippen molar-refractivity contribution < 1.29 is 19.4 Å². The Morgan fingerprint density at radius 1 is 1.45 bits per heavy atom. The number of carbonyl (C=O) groups excluding carboxylic acids is 1. The Kier molecular flexibility index (Phi) is 8.97. The quantitative estimate of drug-likeness (QED) is 0.345. The lowest BCUT2D eigenvalue weighted by Gasteiger charge is -1.92. The summed E-state index contributed by atoms with van der Waals surface area (Å²) in [5.74, 6) is -1.79. The summed E-state index contributed by atoms with van der Waals surface area (Å²) in [6.07, 6.45) is 1.60. The van der Waals surface area contributed by atoms with Crippen LogP contribution < -0.4 is 0 Å². The highest BCUT2D eigenvalue weighted by Crippen LogP contribution is 1.80. The van der Waals surface area contributed by atoms with Gasteiger partial charge in [-0.3, -0.25) is 0 Å². The van der Waals surface area contributed by atoms with Crippen LogP contribution in [-0.2, 0) is 14.3 Å². The number of rotatable bonds is 3. The van der Waals surface area contributed by atoms with Gasteiger partial charge in [-0.15, -0.1) is 0 Å². The van der Waals surface area contributed by atoms with Gasteiger partial charge in [0.1, 0.15) is 0 Å². The minimum atomic E-state index is -1.16. The number of ether oxygens (including phenoxy) is 1. The molecule has 60 valence electrons. The van der Waals surface area contributed by atoms with Crippen LogP contribution in [0.15, 0.2) is 12.2 Å². The number of carboxylic acids is 1. The summed E-state index contributed by atoms with van der Waals surface area (Å²) in [5, 5.41) is 8.04. The summed E-state index contributed by atoms with van der Waals surface area (Å²) in [4.78, 5) is 20.2. The van der Waals surface area contributed by atoms with Crippen molar-refractivity contribution in [2.75, 3.05) is 6.61 Å². The maximum Gasteiger partial charge on any atom is 0.330 e. The highest BCUT2D eigenvalue weighted by Gasteiger charge is 1.94. The number of carbonyl (C=O) groups is 2. The molecule has 0 aliphatic carbocycles. The van der Waals surface area contributed by atoms with Crippen molar-refractivity contribution in [3.8, 4) is 0 Å². The molecule has 0 aromatic heterocycles. The van der Waals surface area contributed by atoms with Crippen molar-refractivity contribution in [1.82, 2.24) is 0 Å². The van der Waals surface area contributed by atoms with Gasteiger partial charge >= 0.3 is 35.0 Å². The van der Waals surface area contributed by atoms with Crippen molar-refractivity contribution in [1.29, 1.82) is 0 Å². The maximum atomic E-state index is 10.4. The Bertz CT molecular complexity index is 164. The van der Waals surface area contributed by atoms with E-state index in [1.54, 1.807) is 6.92 Å². The van der Waals surface area contributed by atoms with E-state index in [2.05, 4.69) is 4.74 Å². The van der Waals surface area contributed by atoms with Gasteiger partial charge in [0.2, 0.25) is 0 Å². The van der Waals surface area contributed by atoms with Crippen LogP contribution in [0.3, 0.4) is 0 Å². The molecule has 0 saturated heterocycles. The molecule has 0 radical (unpaired) electrons. The molecule has 0 unspecified atom stereocenters. The molecule has 0 aliphatic rings. The highest BCUT2D eigenvalue weighted by molar-refractivity contribution is 5.90. The second kappa shape index (κ2) is 7.55. The molecule has 0 aromatic rings. The van der Waals surface area contributed by atoms with Gasteiger partial charge in [0, 0.05) is 12.2 Å². The van der Waals surface area contributed by atoms with Crippen molar-refractivity contribution in [3.63, 3.8) is 0 Å². The molecular weight excluding hydrogens is 160 g/mol. The molecule has 5 heteroatoms. The Morgan fingerprint density at radius 2 is 2.00 bits per heavy atom. The normalized spacial score (nSPS) is 8.82. The van der Waals surface area contributed by atoms with Gasteiger partial charge < -0.3 is 9.84 Å². The van der Waals surface area contributed by atoms with Crippen molar-refractivity contribution in [2.24, 2.45) is 0 Å². The molecule has 0 amide bonds. The Morgan fingerprint density at radius 3 is 2.36 bits per heavy atom. The standard InChI is InChI=1S/C6H8O4.Mg.2H/c1-2-10-6(9)4-3-5(7)8;;;/h3-4H,2H2,1H3,(H,7,8);;;/b4-3-;;;. The minimum Gasteiger partial charge on any atom is -0.478 e. The zero-order chi connectivity index (χ0) is 7.98. The van der Waals surface area contributed by atoms with Gasteiger partial charge in [0.05, 0.1) is 6.61 Å². The molecule has 0 aliphatic heterocycles. The van der Waals surface area contributed by atoms with Gasteiger partial charge in [-0.05, 0) is 6.92 Å². The lowest BCUT2D eigenvalue weighted by atomic mass is 10.5. The van der Waals surface area contributed by atoms with Crippen LogP contribution in [0.2, 0.25) is 0 Å². The molecule has 0 saturated carbocycles. The fourth-order valence-corrected chi connectivity index (χ4v) is 0.330. The average molecular weight is 170 g/mol. The predicted octanol–water partition coefficient (Wildman–Crippen LogP) is -0.726. The van der Waals surface area contributed by atoms with E-state index in [1.165, 1.54) is 0 Å². The summed E-state index contributed by atoms with van der Waals surface area (Å²) in [7, 11) is 0. The Hall–Kier alpha value is -0.554. The second-order valence-electron chi connectivity index (χ2n) is 1.42. The SMILES string of the molecule is CCOC(=O)/C=C\C(=O)O.[MgH2]. The van der Waals surface area contributed by atoms with Crippen LogP contribution in [0, 0.1) is 0 Å². The summed E-state index contributed by atoms with van der Waals surface area (Å²) in [5.41, 5.74) is 0. The molecule has 11 heavy (non-hydrogen) atoms. The van der Waals surface area contributed by atoms with E-state index in [4.69, 9.17) is 5.11 Å². The molecule has 1 N–H and O–H groups in total. The van der Waals surface area contributed by atoms with E-state index in [1.807, 2.05) is 0 Å². The Labute approximate surface area is 80.4 Å². The predicted molar refractivity (Wildman–Crippen MR) is 42.0 cm³/mol. The summed E-state index contributed by atoms with van der Waals surface area (Å²) in [6.45, 7) is 1.90. The third kappa shape index (κ3) is 9.45. The number of carboxylic acid groups (broad SMARTS) is 1. The highest BCUT2D eigenvalue weighted by atomic mass is 24.3. The van der Waals surface area contributed by atoms with E-state index in [-0.39, 0.29) is 29.7 Å². The van der Waals surface area contributed by atoms with Gasteiger partial charge in [-0.2, -0.15) is 0 Å². The van der Waals surface area contributed by atoms with Crippen molar-refractivity contribution in [2.45, 2.75) is 6.92 Å². The van der Waals surface area contributed by atoms with Crippen LogP contribution in [0.25, 0.3) is 0 Å². The molecular formula is C6H10MgO4. The zero-order valence-corrected chi connectivity index (χ0v) is 5.53. The molecule has 0 atom stereocenters. The summed E-state index contributed by atoms with van der Waals surface area (Å²) in [6, 6.07) is 0. The van der Waals surface area contributed by atoms with Crippen molar-refractivity contribution >= 4 is 35.0 Å². The van der Waals surface area contributed by atoms with E-state index >= 15 is 0 Å². The third-order valence-electron chi connectivity index (χ3n) is 0.649. The molecule has 0 aromatic carbocycles. The molecule has 0 rings (SSSR count). The minimum absolute atomic E-state index is 0. The largest absolute Gasteiger partial charge is 0.478 e. The van der Waals surface area contributed by atoms with Gasteiger partial charge in [-0.25, -0.2) is 9.59 Å². The van der Waals surface area contributed by atoms with E-state index in [0.29, 0.717) is 0 Å². The number of hydrogen-bond donors (Lipinski definition) is 1. The molecule has 0 heterocycles. The zero-order valence-electron chi connectivity index (χ0n) is 5.53.